The molecule has 2 fully saturated rings. The van der Waals surface area contributed by atoms with Crippen LogP contribution in [-0.2, 0) is 4.74 Å². The Labute approximate surface area is 334 Å². The van der Waals surface area contributed by atoms with Gasteiger partial charge >= 0.3 is 6.09 Å². The third-order valence-corrected chi connectivity index (χ3v) is 11.2. The summed E-state index contributed by atoms with van der Waals surface area (Å²) >= 11 is 0. The SMILES string of the molecule is COc1cc(OC)cc(C2Oc3cc(-c4cnc([C@@H]5CCCN5C(=O)O)[nH]4)ccc3-c3cc4cc(-c5cnc([C@@H]6CC(F)CN6C(O)OC(C)(C)C)[nH]5)ccc4n32)c1. The molecule has 3 aliphatic rings. The summed E-state index contributed by atoms with van der Waals surface area (Å²) in [5, 5.41) is 21.6. The highest BCUT2D eigenvalue weighted by Crippen LogP contribution is 2.47. The van der Waals surface area contributed by atoms with Gasteiger partial charge in [0.15, 0.2) is 0 Å². The topological polar surface area (TPSA) is 163 Å². The number of carbonyl (C=O) groups is 1. The quantitative estimate of drug-likeness (QED) is 0.105. The Morgan fingerprint density at radius 2 is 1.60 bits per heavy atom. The molecule has 6 heterocycles. The van der Waals surface area contributed by atoms with Gasteiger partial charge in [0.1, 0.15) is 35.1 Å². The fourth-order valence-electron chi connectivity index (χ4n) is 8.52. The maximum absolute atomic E-state index is 14.8. The first kappa shape index (κ1) is 37.7. The second kappa shape index (κ2) is 14.5. The zero-order chi connectivity index (χ0) is 40.5. The minimum absolute atomic E-state index is 0.0422. The van der Waals surface area contributed by atoms with Gasteiger partial charge in [-0.05, 0) is 76.1 Å². The number of H-pyrrole nitrogens is 2. The molecular formula is C43H46FN7O7. The lowest BCUT2D eigenvalue weighted by molar-refractivity contribution is -0.244. The van der Waals surface area contributed by atoms with Gasteiger partial charge in [-0.1, -0.05) is 12.1 Å². The number of halogens is 1. The number of aliphatic hydroxyl groups excluding tert-OH is 1. The summed E-state index contributed by atoms with van der Waals surface area (Å²) < 4.78 is 40.9. The lowest BCUT2D eigenvalue weighted by Crippen LogP contribution is -2.42. The number of hydrogen-bond acceptors (Lipinski definition) is 9. The first-order valence-electron chi connectivity index (χ1n) is 19.4. The summed E-state index contributed by atoms with van der Waals surface area (Å²) in [5.74, 6) is 3.08. The number of ether oxygens (including phenoxy) is 4. The van der Waals surface area contributed by atoms with Gasteiger partial charge in [-0.3, -0.25) is 4.90 Å². The highest BCUT2D eigenvalue weighted by atomic mass is 19.1. The fraction of sp³-hybridized carbons (Fsp3) is 0.372. The van der Waals surface area contributed by atoms with Crippen LogP contribution in [0.25, 0.3) is 44.7 Å². The van der Waals surface area contributed by atoms with Crippen molar-refractivity contribution in [3.8, 4) is 51.0 Å². The molecule has 0 radical (unpaired) electrons. The molecule has 14 nitrogen and oxygen atoms in total. The van der Waals surface area contributed by atoms with E-state index in [-0.39, 0.29) is 19.0 Å². The Bertz CT molecular complexity index is 2480. The first-order chi connectivity index (χ1) is 27.9. The first-order valence-corrected chi connectivity index (χ1v) is 19.4. The van der Waals surface area contributed by atoms with Gasteiger partial charge in [0.2, 0.25) is 12.6 Å². The Hall–Kier alpha value is -5.90. The van der Waals surface area contributed by atoms with Gasteiger partial charge in [0.05, 0.1) is 66.9 Å². The molecule has 1 amide bonds. The number of fused-ring (bicyclic) bond motifs is 5. The predicted octanol–water partition coefficient (Wildman–Crippen LogP) is 8.04. The van der Waals surface area contributed by atoms with Crippen LogP contribution in [0.4, 0.5) is 9.18 Å². The van der Waals surface area contributed by atoms with E-state index in [1.165, 1.54) is 4.90 Å². The molecule has 3 aromatic heterocycles. The van der Waals surface area contributed by atoms with Crippen LogP contribution in [0.5, 0.6) is 17.2 Å². The van der Waals surface area contributed by atoms with Crippen molar-refractivity contribution >= 4 is 17.0 Å². The summed E-state index contributed by atoms with van der Waals surface area (Å²) in [5.41, 5.74) is 6.21. The predicted molar refractivity (Wildman–Crippen MR) is 213 cm³/mol. The maximum atomic E-state index is 14.8. The number of rotatable bonds is 9. The minimum atomic E-state index is -1.28. The van der Waals surface area contributed by atoms with Gasteiger partial charge in [0, 0.05) is 53.2 Å². The number of hydrogen-bond donors (Lipinski definition) is 4. The molecular weight excluding hydrogens is 746 g/mol. The smallest absolute Gasteiger partial charge is 0.407 e. The minimum Gasteiger partial charge on any atom is -0.497 e. The maximum Gasteiger partial charge on any atom is 0.407 e. The molecule has 3 unspecified atom stereocenters. The highest BCUT2D eigenvalue weighted by molar-refractivity contribution is 5.92. The summed E-state index contributed by atoms with van der Waals surface area (Å²) in [4.78, 5) is 30.9. The molecule has 0 aliphatic carbocycles. The van der Waals surface area contributed by atoms with Crippen LogP contribution in [0.1, 0.15) is 75.6 Å². The largest absolute Gasteiger partial charge is 0.497 e. The van der Waals surface area contributed by atoms with E-state index in [4.69, 9.17) is 18.9 Å². The van der Waals surface area contributed by atoms with Gasteiger partial charge in [-0.15, -0.1) is 0 Å². The molecule has 2 saturated heterocycles. The fourth-order valence-corrected chi connectivity index (χ4v) is 8.52. The van der Waals surface area contributed by atoms with Crippen LogP contribution in [0.3, 0.4) is 0 Å². The Balaban J connectivity index is 1.09. The van der Waals surface area contributed by atoms with Gasteiger partial charge < -0.3 is 43.7 Å². The van der Waals surface area contributed by atoms with E-state index in [1.54, 1.807) is 31.5 Å². The van der Waals surface area contributed by atoms with Crippen molar-refractivity contribution < 1.29 is 38.3 Å². The normalized spacial score (nSPS) is 21.2. The number of nitrogens with one attached hydrogen (secondary N) is 2. The molecule has 58 heavy (non-hydrogen) atoms. The number of imidazole rings is 2. The van der Waals surface area contributed by atoms with Crippen molar-refractivity contribution in [2.75, 3.05) is 27.3 Å². The van der Waals surface area contributed by atoms with Gasteiger partial charge in [0.25, 0.3) is 0 Å². The molecule has 5 atom stereocenters. The van der Waals surface area contributed by atoms with Crippen LogP contribution < -0.4 is 14.2 Å². The van der Waals surface area contributed by atoms with Crippen LogP contribution in [0.15, 0.2) is 73.1 Å². The van der Waals surface area contributed by atoms with Crippen molar-refractivity contribution in [2.45, 2.75) is 76.5 Å². The zero-order valence-corrected chi connectivity index (χ0v) is 32.9. The second-order valence-electron chi connectivity index (χ2n) is 16.1. The summed E-state index contributed by atoms with van der Waals surface area (Å²) in [6.07, 6.45) is 1.21. The number of benzene rings is 3. The third-order valence-electron chi connectivity index (χ3n) is 11.2. The number of aromatic amines is 2. The summed E-state index contributed by atoms with van der Waals surface area (Å²) in [6.45, 7) is 6.06. The standard InChI is InChI=1S/C43H46FN7O7/c1-43(2,3)58-42(54)50-22-27(44)18-36(50)39-46-20-31(48-39)23-9-11-33-25(13-23)16-35-30-10-8-24(32-21-45-38(47-32)34-7-6-12-49(34)41(52)53)17-37(30)57-40(51(33)35)26-14-28(55-4)19-29(15-26)56-5/h8-11,13-17,19-21,27,34,36,40,42,54H,6-7,12,18,22H2,1-5H3,(H,45,47)(H,46,48)(H,52,53)/t27?,34-,36-,40?,42?/m0/s1. The van der Waals surface area contributed by atoms with Gasteiger partial charge in [-0.25, -0.2) is 24.1 Å². The molecule has 6 aromatic rings. The number of methoxy groups -OCH3 is 2. The highest BCUT2D eigenvalue weighted by Gasteiger charge is 2.40. The van der Waals surface area contributed by atoms with E-state index in [0.717, 1.165) is 56.7 Å². The molecule has 3 aromatic carbocycles. The van der Waals surface area contributed by atoms with E-state index in [9.17, 15) is 19.4 Å². The van der Waals surface area contributed by atoms with E-state index >= 15 is 0 Å². The molecule has 9 rings (SSSR count). The van der Waals surface area contributed by atoms with E-state index in [0.29, 0.717) is 41.9 Å². The number of aliphatic hydroxyl groups is 1. The van der Waals surface area contributed by atoms with Crippen LogP contribution in [-0.4, -0.2) is 96.1 Å². The molecule has 302 valence electrons. The lowest BCUT2D eigenvalue weighted by Gasteiger charge is -2.32. The molecule has 4 N–H and O–H groups in total. The number of amides is 1. The van der Waals surface area contributed by atoms with Crippen molar-refractivity contribution in [1.29, 1.82) is 0 Å². The van der Waals surface area contributed by atoms with E-state index in [2.05, 4.69) is 42.7 Å². The Kier molecular flexibility index (Phi) is 9.41. The number of likely N-dealkylation sites (tertiary alicyclic amines) is 2. The lowest BCUT2D eigenvalue weighted by atomic mass is 10.0. The van der Waals surface area contributed by atoms with Crippen LogP contribution in [0.2, 0.25) is 0 Å². The molecule has 0 saturated carbocycles. The summed E-state index contributed by atoms with van der Waals surface area (Å²) in [7, 11) is 3.23. The summed E-state index contributed by atoms with van der Waals surface area (Å²) in [6, 6.07) is 19.2. The zero-order valence-electron chi connectivity index (χ0n) is 32.9. The van der Waals surface area contributed by atoms with Crippen molar-refractivity contribution in [2.24, 2.45) is 0 Å². The molecule has 0 bridgehead atoms. The number of alkyl halides is 1. The van der Waals surface area contributed by atoms with Crippen LogP contribution >= 0.6 is 0 Å². The molecule has 0 spiro atoms. The third kappa shape index (κ3) is 6.82. The van der Waals surface area contributed by atoms with Crippen LogP contribution in [0, 0.1) is 0 Å². The van der Waals surface area contributed by atoms with Gasteiger partial charge in [-0.2, -0.15) is 0 Å². The number of carboxylic acid groups (broad SMARTS) is 1. The number of aromatic nitrogens is 5. The number of nitrogens with zero attached hydrogens (tertiary/aromatic N) is 5. The Morgan fingerprint density at radius 1 is 0.931 bits per heavy atom. The van der Waals surface area contributed by atoms with Crippen molar-refractivity contribution in [3.05, 3.63) is 90.3 Å². The monoisotopic (exact) mass is 791 g/mol. The van der Waals surface area contributed by atoms with Crippen molar-refractivity contribution in [1.82, 2.24) is 34.3 Å². The average Bonchev–Trinajstić information content (AvgIpc) is 4.05. The molecule has 15 heteroatoms. The average molecular weight is 792 g/mol. The molecule has 3 aliphatic heterocycles. The van der Waals surface area contributed by atoms with E-state index < -0.39 is 36.5 Å². The second-order valence-corrected chi connectivity index (χ2v) is 16.1. The van der Waals surface area contributed by atoms with Crippen molar-refractivity contribution in [3.63, 3.8) is 0 Å². The van der Waals surface area contributed by atoms with E-state index in [1.807, 2.05) is 63.2 Å². The Morgan fingerprint density at radius 3 is 2.28 bits per heavy atom.